The molecule has 0 aromatic heterocycles. The molecule has 4 aromatic carbocycles. The molecule has 4 rings (SSSR count). The minimum Gasteiger partial charge on any atom is -0.423 e. The summed E-state index contributed by atoms with van der Waals surface area (Å²) in [5.74, 6) is 0.0769. The van der Waals surface area contributed by atoms with Crippen molar-refractivity contribution in [2.45, 2.75) is 12.3 Å². The highest BCUT2D eigenvalue weighted by atomic mass is 16.5. The summed E-state index contributed by atoms with van der Waals surface area (Å²) in [4.78, 5) is 11.9. The van der Waals surface area contributed by atoms with Crippen LogP contribution in [0.1, 0.15) is 29.2 Å². The minimum absolute atomic E-state index is 0.372. The van der Waals surface area contributed by atoms with Crippen LogP contribution in [0.25, 0.3) is 0 Å². The van der Waals surface area contributed by atoms with Gasteiger partial charge in [0.15, 0.2) is 0 Å². The fraction of sp³-hybridized carbons (Fsp3) is 0.0690. The summed E-state index contributed by atoms with van der Waals surface area (Å²) in [5, 5.41) is 0. The van der Waals surface area contributed by atoms with Crippen molar-refractivity contribution in [3.63, 3.8) is 0 Å². The van der Waals surface area contributed by atoms with Gasteiger partial charge in [0.2, 0.25) is 0 Å². The van der Waals surface area contributed by atoms with E-state index in [1.165, 1.54) is 16.7 Å². The molecule has 152 valence electrons. The molecular formula is C29H24O2. The lowest BCUT2D eigenvalue weighted by molar-refractivity contribution is -0.130. The first-order valence-electron chi connectivity index (χ1n) is 10.3. The molecule has 0 radical (unpaired) electrons. The van der Waals surface area contributed by atoms with Crippen LogP contribution in [0.4, 0.5) is 0 Å². The van der Waals surface area contributed by atoms with Gasteiger partial charge in [0.1, 0.15) is 5.75 Å². The summed E-state index contributed by atoms with van der Waals surface area (Å²) in [6, 6.07) is 39.2. The van der Waals surface area contributed by atoms with Crippen molar-refractivity contribution in [3.8, 4) is 5.75 Å². The number of ether oxygens (including phenoxy) is 1. The number of hydrogen-bond acceptors (Lipinski definition) is 2. The first-order chi connectivity index (χ1) is 15.1. The molecule has 0 aliphatic heterocycles. The highest BCUT2D eigenvalue weighted by Crippen LogP contribution is 2.45. The molecule has 2 heteroatoms. The van der Waals surface area contributed by atoms with Gasteiger partial charge >= 0.3 is 5.97 Å². The Morgan fingerprint density at radius 3 is 1.32 bits per heavy atom. The van der Waals surface area contributed by atoms with Crippen LogP contribution in [0.3, 0.4) is 0 Å². The number of rotatable bonds is 6. The van der Waals surface area contributed by atoms with Gasteiger partial charge in [-0.25, -0.2) is 4.79 Å². The van der Waals surface area contributed by atoms with E-state index < -0.39 is 11.4 Å². The van der Waals surface area contributed by atoms with E-state index in [1.807, 2.05) is 42.5 Å². The molecule has 0 N–H and O–H groups in total. The van der Waals surface area contributed by atoms with Crippen LogP contribution in [0.15, 0.2) is 127 Å². The lowest BCUT2D eigenvalue weighted by atomic mass is 9.65. The Kier molecular flexibility index (Phi) is 5.81. The van der Waals surface area contributed by atoms with Gasteiger partial charge in [-0.05, 0) is 41.3 Å². The maximum atomic E-state index is 11.9. The summed E-state index contributed by atoms with van der Waals surface area (Å²) in [6.45, 7) is 5.29. The van der Waals surface area contributed by atoms with E-state index in [0.717, 1.165) is 5.56 Å². The second-order valence-electron chi connectivity index (χ2n) is 7.54. The van der Waals surface area contributed by atoms with Crippen molar-refractivity contribution >= 4 is 5.97 Å². The average Bonchev–Trinajstić information content (AvgIpc) is 2.83. The van der Waals surface area contributed by atoms with Crippen LogP contribution in [0, 0.1) is 0 Å². The highest BCUT2D eigenvalue weighted by molar-refractivity contribution is 5.88. The molecular weight excluding hydrogens is 380 g/mol. The third-order valence-electron chi connectivity index (χ3n) is 5.47. The molecule has 0 aliphatic carbocycles. The van der Waals surface area contributed by atoms with Crippen molar-refractivity contribution in [1.82, 2.24) is 0 Å². The Hall–Kier alpha value is -3.91. The zero-order valence-electron chi connectivity index (χ0n) is 17.5. The summed E-state index contributed by atoms with van der Waals surface area (Å²) in [7, 11) is 0. The monoisotopic (exact) mass is 404 g/mol. The second kappa shape index (κ2) is 8.85. The van der Waals surface area contributed by atoms with Crippen LogP contribution >= 0.6 is 0 Å². The summed E-state index contributed by atoms with van der Waals surface area (Å²) in [6.07, 6.45) is 0. The van der Waals surface area contributed by atoms with Gasteiger partial charge in [-0.2, -0.15) is 0 Å². The Morgan fingerprint density at radius 2 is 0.968 bits per heavy atom. The third-order valence-corrected chi connectivity index (χ3v) is 5.47. The van der Waals surface area contributed by atoms with Crippen molar-refractivity contribution in [3.05, 3.63) is 150 Å². The fourth-order valence-electron chi connectivity index (χ4n) is 4.03. The van der Waals surface area contributed by atoms with E-state index in [-0.39, 0.29) is 0 Å². The molecule has 0 amide bonds. The number of carbonyl (C=O) groups excluding carboxylic acids is 1. The molecule has 0 atom stereocenters. The number of benzene rings is 4. The Bertz CT molecular complexity index is 1070. The van der Waals surface area contributed by atoms with Crippen molar-refractivity contribution in [1.29, 1.82) is 0 Å². The number of esters is 1. The highest BCUT2D eigenvalue weighted by Gasteiger charge is 2.38. The molecule has 0 fully saturated rings. The van der Waals surface area contributed by atoms with Gasteiger partial charge in [0, 0.05) is 5.57 Å². The molecule has 0 spiro atoms. The van der Waals surface area contributed by atoms with Gasteiger partial charge in [-0.3, -0.25) is 0 Å². The fourth-order valence-corrected chi connectivity index (χ4v) is 4.03. The van der Waals surface area contributed by atoms with Crippen LogP contribution in [-0.4, -0.2) is 5.97 Å². The molecule has 0 heterocycles. The maximum absolute atomic E-state index is 11.9. The molecule has 2 nitrogen and oxygen atoms in total. The normalized spacial score (nSPS) is 11.0. The summed E-state index contributed by atoms with van der Waals surface area (Å²) < 4.78 is 5.42. The van der Waals surface area contributed by atoms with Crippen molar-refractivity contribution in [2.24, 2.45) is 0 Å². The van der Waals surface area contributed by atoms with Crippen molar-refractivity contribution < 1.29 is 9.53 Å². The van der Waals surface area contributed by atoms with Crippen LogP contribution in [-0.2, 0) is 10.2 Å². The zero-order chi connectivity index (χ0) is 21.7. The van der Waals surface area contributed by atoms with E-state index in [0.29, 0.717) is 11.3 Å². The summed E-state index contributed by atoms with van der Waals surface area (Å²) >= 11 is 0. The van der Waals surface area contributed by atoms with E-state index >= 15 is 0 Å². The first kappa shape index (κ1) is 20.4. The first-order valence-corrected chi connectivity index (χ1v) is 10.3. The van der Waals surface area contributed by atoms with Crippen LogP contribution in [0.5, 0.6) is 5.75 Å². The standard InChI is InChI=1S/C29H24O2/c1-22(2)28(30)31-27-20-18-26(19-21-27)29(23-12-6-3-7-13-23,24-14-8-4-9-15-24)25-16-10-5-11-17-25/h3-21H,1H2,2H3. The largest absolute Gasteiger partial charge is 0.423 e. The van der Waals surface area contributed by atoms with E-state index in [1.54, 1.807) is 6.92 Å². The SMILES string of the molecule is C=C(C)C(=O)Oc1ccc(C(c2ccccc2)(c2ccccc2)c2ccccc2)cc1. The predicted molar refractivity (Wildman–Crippen MR) is 125 cm³/mol. The van der Waals surface area contributed by atoms with E-state index in [9.17, 15) is 4.79 Å². The lowest BCUT2D eigenvalue weighted by Gasteiger charge is -2.36. The molecule has 0 unspecified atom stereocenters. The predicted octanol–water partition coefficient (Wildman–Crippen LogP) is 6.55. The molecule has 4 aromatic rings. The lowest BCUT2D eigenvalue weighted by Crippen LogP contribution is -2.30. The quantitative estimate of drug-likeness (QED) is 0.158. The van der Waals surface area contributed by atoms with E-state index in [2.05, 4.69) is 79.4 Å². The van der Waals surface area contributed by atoms with Gasteiger partial charge < -0.3 is 4.74 Å². The molecule has 31 heavy (non-hydrogen) atoms. The van der Waals surface area contributed by atoms with Crippen molar-refractivity contribution in [2.75, 3.05) is 0 Å². The average molecular weight is 405 g/mol. The third kappa shape index (κ3) is 3.93. The Balaban J connectivity index is 1.95. The number of hydrogen-bond donors (Lipinski definition) is 0. The van der Waals surface area contributed by atoms with Gasteiger partial charge in [0.05, 0.1) is 5.41 Å². The van der Waals surface area contributed by atoms with E-state index in [4.69, 9.17) is 4.74 Å². The topological polar surface area (TPSA) is 26.3 Å². The number of carbonyl (C=O) groups is 1. The molecule has 0 saturated carbocycles. The smallest absolute Gasteiger partial charge is 0.338 e. The summed E-state index contributed by atoms with van der Waals surface area (Å²) in [5.41, 5.74) is 4.44. The maximum Gasteiger partial charge on any atom is 0.338 e. The van der Waals surface area contributed by atoms with Crippen LogP contribution in [0.2, 0.25) is 0 Å². The van der Waals surface area contributed by atoms with Gasteiger partial charge in [-0.1, -0.05) is 110 Å². The molecule has 0 bridgehead atoms. The Morgan fingerprint density at radius 1 is 0.613 bits per heavy atom. The Labute approximate surface area is 183 Å². The second-order valence-corrected chi connectivity index (χ2v) is 7.54. The van der Waals surface area contributed by atoms with Crippen LogP contribution < -0.4 is 4.74 Å². The zero-order valence-corrected chi connectivity index (χ0v) is 17.5. The van der Waals surface area contributed by atoms with Gasteiger partial charge in [0.25, 0.3) is 0 Å². The minimum atomic E-state index is -0.513. The molecule has 0 aliphatic rings. The van der Waals surface area contributed by atoms with Gasteiger partial charge in [-0.15, -0.1) is 0 Å². The molecule has 0 saturated heterocycles.